The van der Waals surface area contributed by atoms with Gasteiger partial charge in [-0.05, 0) is 12.1 Å². The number of aromatic nitrogens is 4. The molecule has 4 heterocycles. The van der Waals surface area contributed by atoms with E-state index in [1.54, 1.807) is 6.33 Å². The molecule has 2 saturated heterocycles. The van der Waals surface area contributed by atoms with Crippen LogP contribution in [-0.2, 0) is 12.5 Å². The Morgan fingerprint density at radius 1 is 0.929 bits per heavy atom. The Bertz CT molecular complexity index is 1000. The summed E-state index contributed by atoms with van der Waals surface area (Å²) in [6.07, 6.45) is 1.72. The third-order valence-electron chi connectivity index (χ3n) is 6.28. The molecule has 0 amide bonds. The predicted molar refractivity (Wildman–Crippen MR) is 113 cm³/mol. The number of para-hydroxylation sites is 2. The van der Waals surface area contributed by atoms with Crippen molar-refractivity contribution in [3.63, 3.8) is 0 Å². The van der Waals surface area contributed by atoms with E-state index < -0.39 is 0 Å². The van der Waals surface area contributed by atoms with Gasteiger partial charge in [-0.3, -0.25) is 0 Å². The van der Waals surface area contributed by atoms with Crippen LogP contribution in [0.4, 0.5) is 11.8 Å². The molecule has 1 aromatic carbocycles. The largest absolute Gasteiger partial charge is 0.356 e. The van der Waals surface area contributed by atoms with Gasteiger partial charge in [0, 0.05) is 56.5 Å². The van der Waals surface area contributed by atoms with Gasteiger partial charge in [0.15, 0.2) is 0 Å². The normalized spacial score (nSPS) is 22.3. The highest BCUT2D eigenvalue weighted by molar-refractivity contribution is 5.78. The summed E-state index contributed by atoms with van der Waals surface area (Å²) in [5, 5.41) is 0. The summed E-state index contributed by atoms with van der Waals surface area (Å²) in [7, 11) is 2.12. The summed E-state index contributed by atoms with van der Waals surface area (Å²) in [6.45, 7) is 10.9. The van der Waals surface area contributed by atoms with Crippen LogP contribution >= 0.6 is 0 Å². The van der Waals surface area contributed by atoms with E-state index in [0.717, 1.165) is 49.2 Å². The van der Waals surface area contributed by atoms with Crippen LogP contribution in [0.3, 0.4) is 0 Å². The number of imidazole rings is 1. The van der Waals surface area contributed by atoms with Gasteiger partial charge in [0.2, 0.25) is 5.95 Å². The summed E-state index contributed by atoms with van der Waals surface area (Å²) in [6, 6.07) is 10.6. The topological polar surface area (TPSA) is 50.1 Å². The Morgan fingerprint density at radius 3 is 2.29 bits per heavy atom. The van der Waals surface area contributed by atoms with Crippen LogP contribution in [0.5, 0.6) is 0 Å². The molecule has 0 aliphatic carbocycles. The van der Waals surface area contributed by atoms with Crippen LogP contribution in [0.15, 0.2) is 36.7 Å². The Balaban J connectivity index is 1.33. The fourth-order valence-electron chi connectivity index (χ4n) is 4.69. The molecule has 0 N–H and O–H groups in total. The molecule has 6 heteroatoms. The van der Waals surface area contributed by atoms with Crippen molar-refractivity contribution in [3.05, 3.63) is 42.4 Å². The molecular formula is C22H28N6. The van der Waals surface area contributed by atoms with E-state index in [1.807, 2.05) is 0 Å². The first-order valence-electron chi connectivity index (χ1n) is 10.1. The number of nitrogens with zero attached hydrogens (tertiary/aromatic N) is 6. The molecule has 3 aromatic rings. The molecule has 2 fully saturated rings. The zero-order valence-corrected chi connectivity index (χ0v) is 17.1. The van der Waals surface area contributed by atoms with Gasteiger partial charge in [-0.1, -0.05) is 32.9 Å². The van der Waals surface area contributed by atoms with E-state index in [-0.39, 0.29) is 5.41 Å². The average Bonchev–Trinajstić information content (AvgIpc) is 3.33. The Morgan fingerprint density at radius 2 is 1.61 bits per heavy atom. The number of rotatable bonds is 2. The summed E-state index contributed by atoms with van der Waals surface area (Å²) >= 11 is 0. The second-order valence-electron chi connectivity index (χ2n) is 9.30. The molecule has 2 aromatic heterocycles. The highest BCUT2D eigenvalue weighted by Crippen LogP contribution is 2.36. The van der Waals surface area contributed by atoms with Crippen LogP contribution in [0.2, 0.25) is 0 Å². The zero-order valence-electron chi connectivity index (χ0n) is 17.1. The minimum Gasteiger partial charge on any atom is -0.356 e. The van der Waals surface area contributed by atoms with Crippen LogP contribution in [0.1, 0.15) is 26.5 Å². The van der Waals surface area contributed by atoms with E-state index in [2.05, 4.69) is 82.5 Å². The van der Waals surface area contributed by atoms with Crippen molar-refractivity contribution in [3.8, 4) is 0 Å². The maximum absolute atomic E-state index is 4.89. The molecule has 146 valence electrons. The number of anilines is 2. The molecule has 2 unspecified atom stereocenters. The lowest BCUT2D eigenvalue weighted by molar-refractivity contribution is 0.533. The van der Waals surface area contributed by atoms with Crippen molar-refractivity contribution >= 4 is 22.8 Å². The SMILES string of the molecule is Cn1c(N2CC3CN(c4cc(C(C)(C)C)ncn4)CC3C2)nc2ccccc21. The number of fused-ring (bicyclic) bond motifs is 2. The standard InChI is InChI=1S/C22H28N6/c1-22(2,3)19-9-20(24-14-23-19)27-10-15-12-28(13-16(15)11-27)21-25-17-7-5-6-8-18(17)26(21)4/h5-9,14-16H,10-13H2,1-4H3. The van der Waals surface area contributed by atoms with Crippen molar-refractivity contribution in [2.75, 3.05) is 36.0 Å². The highest BCUT2D eigenvalue weighted by Gasteiger charge is 2.41. The first-order valence-corrected chi connectivity index (χ1v) is 10.1. The first-order chi connectivity index (χ1) is 13.4. The van der Waals surface area contributed by atoms with E-state index in [1.165, 1.54) is 5.52 Å². The number of benzene rings is 1. The summed E-state index contributed by atoms with van der Waals surface area (Å²) < 4.78 is 2.23. The zero-order chi connectivity index (χ0) is 19.5. The van der Waals surface area contributed by atoms with Crippen molar-refractivity contribution in [2.45, 2.75) is 26.2 Å². The maximum Gasteiger partial charge on any atom is 0.206 e. The summed E-state index contributed by atoms with van der Waals surface area (Å²) in [5.41, 5.74) is 3.43. The van der Waals surface area contributed by atoms with Gasteiger partial charge in [0.1, 0.15) is 12.1 Å². The van der Waals surface area contributed by atoms with Gasteiger partial charge in [-0.15, -0.1) is 0 Å². The van der Waals surface area contributed by atoms with Gasteiger partial charge < -0.3 is 14.4 Å². The quantitative estimate of drug-likeness (QED) is 0.687. The van der Waals surface area contributed by atoms with Gasteiger partial charge >= 0.3 is 0 Å². The molecule has 6 nitrogen and oxygen atoms in total. The smallest absolute Gasteiger partial charge is 0.206 e. The minimum atomic E-state index is 0.0459. The maximum atomic E-state index is 4.89. The monoisotopic (exact) mass is 376 g/mol. The fourth-order valence-corrected chi connectivity index (χ4v) is 4.69. The van der Waals surface area contributed by atoms with Gasteiger partial charge in [-0.25, -0.2) is 15.0 Å². The third kappa shape index (κ3) is 2.82. The Kier molecular flexibility index (Phi) is 3.86. The average molecular weight is 377 g/mol. The molecule has 2 aliphatic rings. The van der Waals surface area contributed by atoms with Crippen molar-refractivity contribution in [2.24, 2.45) is 18.9 Å². The lowest BCUT2D eigenvalue weighted by atomic mass is 9.92. The van der Waals surface area contributed by atoms with Crippen molar-refractivity contribution < 1.29 is 0 Å². The first kappa shape index (κ1) is 17.5. The van der Waals surface area contributed by atoms with Gasteiger partial charge in [0.25, 0.3) is 0 Å². The van der Waals surface area contributed by atoms with E-state index >= 15 is 0 Å². The molecule has 2 aliphatic heterocycles. The third-order valence-corrected chi connectivity index (χ3v) is 6.28. The minimum absolute atomic E-state index is 0.0459. The number of aryl methyl sites for hydroxylation is 1. The Labute approximate surface area is 166 Å². The van der Waals surface area contributed by atoms with Crippen LogP contribution in [0.25, 0.3) is 11.0 Å². The number of hydrogen-bond acceptors (Lipinski definition) is 5. The van der Waals surface area contributed by atoms with E-state index in [0.29, 0.717) is 11.8 Å². The number of hydrogen-bond donors (Lipinski definition) is 0. The van der Waals surface area contributed by atoms with Crippen LogP contribution in [0, 0.1) is 11.8 Å². The van der Waals surface area contributed by atoms with Gasteiger partial charge in [-0.2, -0.15) is 0 Å². The predicted octanol–water partition coefficient (Wildman–Crippen LogP) is 3.23. The fraction of sp³-hybridized carbons (Fsp3) is 0.500. The van der Waals surface area contributed by atoms with Crippen LogP contribution in [-0.4, -0.2) is 45.7 Å². The molecule has 0 saturated carbocycles. The van der Waals surface area contributed by atoms with E-state index in [4.69, 9.17) is 4.98 Å². The molecule has 0 spiro atoms. The molecule has 0 bridgehead atoms. The molecule has 2 atom stereocenters. The van der Waals surface area contributed by atoms with Crippen LogP contribution < -0.4 is 9.80 Å². The summed E-state index contributed by atoms with van der Waals surface area (Å²) in [5.74, 6) is 3.49. The van der Waals surface area contributed by atoms with Crippen molar-refractivity contribution in [1.82, 2.24) is 19.5 Å². The Hall–Kier alpha value is -2.63. The van der Waals surface area contributed by atoms with E-state index in [9.17, 15) is 0 Å². The van der Waals surface area contributed by atoms with Crippen molar-refractivity contribution in [1.29, 1.82) is 0 Å². The molecular weight excluding hydrogens is 348 g/mol. The second kappa shape index (κ2) is 6.19. The lowest BCUT2D eigenvalue weighted by Gasteiger charge is -2.24. The lowest BCUT2D eigenvalue weighted by Crippen LogP contribution is -2.30. The summed E-state index contributed by atoms with van der Waals surface area (Å²) in [4.78, 5) is 18.8. The van der Waals surface area contributed by atoms with Gasteiger partial charge in [0.05, 0.1) is 16.7 Å². The second-order valence-corrected chi connectivity index (χ2v) is 9.30. The molecule has 28 heavy (non-hydrogen) atoms. The molecule has 0 radical (unpaired) electrons. The highest BCUT2D eigenvalue weighted by atomic mass is 15.3. The molecule has 5 rings (SSSR count).